The molecule has 0 aromatic rings. The fourth-order valence-electron chi connectivity index (χ4n) is 0. The standard InChI is InChI=1S/Cu.Fe.Mo.Ti. The van der Waals surface area contributed by atoms with E-state index in [1.165, 1.54) is 0 Å². The first-order chi connectivity index (χ1) is 0. The molecule has 0 atom stereocenters. The number of rotatable bonds is 0. The summed E-state index contributed by atoms with van der Waals surface area (Å²) >= 11 is 0. The summed E-state index contributed by atoms with van der Waals surface area (Å²) in [6.07, 6.45) is 0. The fraction of sp³-hybridized carbons (Fsp3) is 0. The van der Waals surface area contributed by atoms with E-state index in [2.05, 4.69) is 0 Å². The van der Waals surface area contributed by atoms with E-state index < -0.39 is 0 Å². The number of hydrogen-bond donors (Lipinski definition) is 0. The fourth-order valence-corrected chi connectivity index (χ4v) is 0. The summed E-state index contributed by atoms with van der Waals surface area (Å²) in [5.74, 6) is 0. The Hall–Kier alpha value is 2.44. The van der Waals surface area contributed by atoms with Gasteiger partial charge in [0.15, 0.2) is 0 Å². The van der Waals surface area contributed by atoms with E-state index in [9.17, 15) is 0 Å². The van der Waals surface area contributed by atoms with Crippen LogP contribution in [0.4, 0.5) is 0 Å². The summed E-state index contributed by atoms with van der Waals surface area (Å²) in [7, 11) is 0. The third-order valence-corrected chi connectivity index (χ3v) is 0. The predicted octanol–water partition coefficient (Wildman–Crippen LogP) is -0.0100. The van der Waals surface area contributed by atoms with Crippen LogP contribution in [-0.4, -0.2) is 0 Å². The van der Waals surface area contributed by atoms with E-state index in [0.717, 1.165) is 0 Å². The van der Waals surface area contributed by atoms with E-state index in [0.29, 0.717) is 0 Å². The molecule has 0 aromatic heterocycles. The monoisotopic (exact) mass is 265 g/mol. The molecular weight excluding hydrogens is 263 g/mol. The van der Waals surface area contributed by atoms with Crippen molar-refractivity contribution in [2.75, 3.05) is 0 Å². The van der Waals surface area contributed by atoms with Crippen LogP contribution >= 0.6 is 0 Å². The Morgan fingerprint density at radius 2 is 1.00 bits per heavy atom. The van der Waals surface area contributed by atoms with Gasteiger partial charge in [0.25, 0.3) is 0 Å². The van der Waals surface area contributed by atoms with E-state index in [1.54, 1.807) is 0 Å². The van der Waals surface area contributed by atoms with Crippen molar-refractivity contribution in [1.82, 2.24) is 0 Å². The summed E-state index contributed by atoms with van der Waals surface area (Å²) in [5, 5.41) is 0. The molecule has 0 spiro atoms. The SMILES string of the molecule is [Cu].[Fe].[Mo].[Ti]. The van der Waals surface area contributed by atoms with Crippen LogP contribution in [0.3, 0.4) is 0 Å². The van der Waals surface area contributed by atoms with E-state index in [1.807, 2.05) is 0 Å². The zero-order valence-electron chi connectivity index (χ0n) is 1.56. The molecule has 0 unspecified atom stereocenters. The average molecular weight is 263 g/mol. The molecule has 0 rings (SSSR count). The second-order valence-electron chi connectivity index (χ2n) is 0. The normalized spacial score (nSPS) is 0. The van der Waals surface area contributed by atoms with Gasteiger partial charge < -0.3 is 0 Å². The van der Waals surface area contributed by atoms with Gasteiger partial charge >= 0.3 is 0 Å². The summed E-state index contributed by atoms with van der Waals surface area (Å²) in [6.45, 7) is 0. The second kappa shape index (κ2) is 18.0. The molecule has 0 saturated heterocycles. The van der Waals surface area contributed by atoms with Gasteiger partial charge in [-0.15, -0.1) is 0 Å². The average Bonchev–Trinajstić information content (AvgIpc) is 0. The Labute approximate surface area is 76.0 Å². The smallest absolute Gasteiger partial charge is 0 e. The molecule has 0 fully saturated rings. The van der Waals surface area contributed by atoms with Crippen molar-refractivity contribution in [1.29, 1.82) is 0 Å². The first-order valence-corrected chi connectivity index (χ1v) is 0. The summed E-state index contributed by atoms with van der Waals surface area (Å²) < 4.78 is 0. The Morgan fingerprint density at radius 1 is 1.00 bits per heavy atom. The molecule has 4 heavy (non-hydrogen) atoms. The predicted molar refractivity (Wildman–Crippen MR) is 0 cm³/mol. The van der Waals surface area contributed by atoms with Crippen molar-refractivity contribution >= 4 is 0 Å². The van der Waals surface area contributed by atoms with Crippen LogP contribution in [0, 0.1) is 0 Å². The molecule has 0 aromatic carbocycles. The quantitative estimate of drug-likeness (QED) is 0.539. The summed E-state index contributed by atoms with van der Waals surface area (Å²) in [4.78, 5) is 0. The van der Waals surface area contributed by atoms with Crippen molar-refractivity contribution in [2.24, 2.45) is 0 Å². The van der Waals surface area contributed by atoms with Gasteiger partial charge in [0, 0.05) is 76.9 Å². The molecule has 0 N–H and O–H groups in total. The maximum absolute atomic E-state index is 0. The third kappa shape index (κ3) is 8.82. The largest absolute Gasteiger partial charge is 0 e. The molecule has 0 bridgehead atoms. The zero-order valence-corrected chi connectivity index (χ0v) is 7.18. The molecule has 29 valence electrons. The maximum atomic E-state index is 0. The summed E-state index contributed by atoms with van der Waals surface area (Å²) in [5.41, 5.74) is 0. The van der Waals surface area contributed by atoms with Crippen molar-refractivity contribution in [2.45, 2.75) is 0 Å². The van der Waals surface area contributed by atoms with Crippen molar-refractivity contribution in [3.8, 4) is 0 Å². The maximum Gasteiger partial charge on any atom is 0 e. The van der Waals surface area contributed by atoms with Gasteiger partial charge in [-0.1, -0.05) is 0 Å². The zero-order chi connectivity index (χ0) is 0. The van der Waals surface area contributed by atoms with Crippen molar-refractivity contribution in [3.05, 3.63) is 0 Å². The van der Waals surface area contributed by atoms with Crippen LogP contribution in [0.15, 0.2) is 0 Å². The van der Waals surface area contributed by atoms with E-state index in [-0.39, 0.29) is 76.9 Å². The minimum absolute atomic E-state index is 0. The molecule has 1 radical (unpaired) electrons. The van der Waals surface area contributed by atoms with Gasteiger partial charge in [0.1, 0.15) is 0 Å². The Kier molecular flexibility index (Phi) is 144. The Morgan fingerprint density at radius 3 is 1.00 bits per heavy atom. The topological polar surface area (TPSA) is 0 Å². The van der Waals surface area contributed by atoms with Crippen molar-refractivity contribution < 1.29 is 76.9 Å². The minimum atomic E-state index is 0. The Bertz CT molecular complexity index is 8.00. The van der Waals surface area contributed by atoms with Crippen LogP contribution in [0.2, 0.25) is 0 Å². The van der Waals surface area contributed by atoms with Crippen LogP contribution in [-0.2, 0) is 76.9 Å². The molecule has 0 aliphatic heterocycles. The van der Waals surface area contributed by atoms with Gasteiger partial charge in [-0.05, 0) is 0 Å². The van der Waals surface area contributed by atoms with Crippen molar-refractivity contribution in [3.63, 3.8) is 0 Å². The molecule has 0 saturated carbocycles. The first-order valence-electron chi connectivity index (χ1n) is 0. The van der Waals surface area contributed by atoms with Crippen LogP contribution in [0.5, 0.6) is 0 Å². The van der Waals surface area contributed by atoms with Gasteiger partial charge in [0.05, 0.1) is 0 Å². The molecular formula is CuFeMoTi. The number of hydrogen-bond acceptors (Lipinski definition) is 0. The van der Waals surface area contributed by atoms with E-state index in [4.69, 9.17) is 0 Å². The van der Waals surface area contributed by atoms with Crippen LogP contribution < -0.4 is 0 Å². The Balaban J connectivity index is 0. The van der Waals surface area contributed by atoms with Gasteiger partial charge in [0.2, 0.25) is 0 Å². The minimum Gasteiger partial charge on any atom is 0 e. The second-order valence-corrected chi connectivity index (χ2v) is 0. The third-order valence-electron chi connectivity index (χ3n) is 0. The van der Waals surface area contributed by atoms with Gasteiger partial charge in [-0.2, -0.15) is 0 Å². The van der Waals surface area contributed by atoms with E-state index >= 15 is 0 Å². The molecule has 0 aliphatic carbocycles. The molecule has 4 heteroatoms. The summed E-state index contributed by atoms with van der Waals surface area (Å²) in [6, 6.07) is 0. The molecule has 0 amide bonds. The molecule has 0 aliphatic rings. The van der Waals surface area contributed by atoms with Gasteiger partial charge in [-0.3, -0.25) is 0 Å². The first kappa shape index (κ1) is 32.0. The van der Waals surface area contributed by atoms with Gasteiger partial charge in [-0.25, -0.2) is 0 Å². The van der Waals surface area contributed by atoms with Crippen LogP contribution in [0.1, 0.15) is 0 Å². The van der Waals surface area contributed by atoms with Crippen LogP contribution in [0.25, 0.3) is 0 Å². The molecule has 0 nitrogen and oxygen atoms in total. The molecule has 0 heterocycles.